The van der Waals surface area contributed by atoms with Gasteiger partial charge in [0.1, 0.15) is 0 Å². The predicted molar refractivity (Wildman–Crippen MR) is 84.0 cm³/mol. The van der Waals surface area contributed by atoms with E-state index in [9.17, 15) is 0 Å². The van der Waals surface area contributed by atoms with Crippen molar-refractivity contribution >= 4 is 44.8 Å². The summed E-state index contributed by atoms with van der Waals surface area (Å²) in [6.07, 6.45) is 2.00. The molecule has 1 aromatic carbocycles. The van der Waals surface area contributed by atoms with Gasteiger partial charge in [-0.25, -0.2) is 0 Å². The van der Waals surface area contributed by atoms with Gasteiger partial charge >= 0.3 is 0 Å². The second-order valence-electron chi connectivity index (χ2n) is 3.33. The Morgan fingerprint density at radius 2 is 2.06 bits per heavy atom. The molecule has 0 saturated heterocycles. The van der Waals surface area contributed by atoms with E-state index in [4.69, 9.17) is 23.2 Å². The van der Waals surface area contributed by atoms with E-state index >= 15 is 0 Å². The highest BCUT2D eigenvalue weighted by molar-refractivity contribution is 8.76. The number of allylic oxidation sites excluding steroid dienone is 2. The van der Waals surface area contributed by atoms with E-state index in [0.29, 0.717) is 5.03 Å². The van der Waals surface area contributed by atoms with Crippen molar-refractivity contribution in [2.45, 2.75) is 12.7 Å². The number of hydrogen-bond acceptors (Lipinski definition) is 2. The Hall–Kier alpha value is -0.0200. The number of hydrogen-bond donors (Lipinski definition) is 0. The lowest BCUT2D eigenvalue weighted by molar-refractivity contribution is 1.42. The highest BCUT2D eigenvalue weighted by atomic mass is 35.5. The highest BCUT2D eigenvalue weighted by Gasteiger charge is 2.02. The zero-order valence-electron chi connectivity index (χ0n) is 9.58. The summed E-state index contributed by atoms with van der Waals surface area (Å²) >= 11 is 11.9. The molecule has 4 heteroatoms. The molecule has 0 aliphatic rings. The van der Waals surface area contributed by atoms with Gasteiger partial charge in [-0.1, -0.05) is 75.6 Å². The van der Waals surface area contributed by atoms with E-state index in [1.165, 1.54) is 5.56 Å². The van der Waals surface area contributed by atoms with Gasteiger partial charge in [0, 0.05) is 21.6 Å². The Labute approximate surface area is 121 Å². The van der Waals surface area contributed by atoms with E-state index in [1.54, 1.807) is 21.6 Å². The van der Waals surface area contributed by atoms with Crippen LogP contribution >= 0.6 is 44.8 Å². The molecule has 0 amide bonds. The predicted octanol–water partition coefficient (Wildman–Crippen LogP) is 5.92. The van der Waals surface area contributed by atoms with Gasteiger partial charge in [-0.05, 0) is 24.1 Å². The minimum Gasteiger partial charge on any atom is -0.0890 e. The molecule has 0 spiro atoms. The fourth-order valence-electron chi connectivity index (χ4n) is 1.14. The molecule has 0 aromatic heterocycles. The van der Waals surface area contributed by atoms with Crippen LogP contribution in [0.25, 0.3) is 0 Å². The lowest BCUT2D eigenvalue weighted by atomic mass is 10.2. The van der Waals surface area contributed by atoms with Crippen molar-refractivity contribution in [2.75, 3.05) is 5.75 Å². The van der Waals surface area contributed by atoms with Crippen LogP contribution in [0.3, 0.4) is 0 Å². The molecular formula is C13H14Cl2S2. The van der Waals surface area contributed by atoms with Crippen molar-refractivity contribution in [2.24, 2.45) is 0 Å². The maximum atomic E-state index is 6.07. The SMILES string of the molecule is C=C(Cl)/C(=C\C)CSSCc1ccccc1Cl. The minimum atomic E-state index is 0.623. The van der Waals surface area contributed by atoms with E-state index in [-0.39, 0.29) is 0 Å². The molecule has 0 aliphatic heterocycles. The summed E-state index contributed by atoms with van der Waals surface area (Å²) in [5.41, 5.74) is 2.25. The molecule has 0 nitrogen and oxygen atoms in total. The molecule has 0 radical (unpaired) electrons. The minimum absolute atomic E-state index is 0.623. The van der Waals surface area contributed by atoms with Gasteiger partial charge in [0.05, 0.1) is 0 Å². The van der Waals surface area contributed by atoms with Crippen LogP contribution < -0.4 is 0 Å². The molecule has 0 N–H and O–H groups in total. The zero-order chi connectivity index (χ0) is 12.7. The first kappa shape index (κ1) is 15.0. The van der Waals surface area contributed by atoms with Crippen LogP contribution in [0.5, 0.6) is 0 Å². The van der Waals surface area contributed by atoms with E-state index in [2.05, 4.69) is 6.58 Å². The summed E-state index contributed by atoms with van der Waals surface area (Å²) in [6.45, 7) is 5.71. The first-order valence-corrected chi connectivity index (χ1v) is 8.37. The second-order valence-corrected chi connectivity index (χ2v) is 6.66. The fraction of sp³-hybridized carbons (Fsp3) is 0.231. The summed E-state index contributed by atoms with van der Waals surface area (Å²) < 4.78 is 0. The monoisotopic (exact) mass is 304 g/mol. The van der Waals surface area contributed by atoms with Crippen molar-refractivity contribution < 1.29 is 0 Å². The van der Waals surface area contributed by atoms with Gasteiger partial charge in [0.15, 0.2) is 0 Å². The molecule has 0 heterocycles. The Balaban J connectivity index is 2.34. The third-order valence-electron chi connectivity index (χ3n) is 2.17. The van der Waals surface area contributed by atoms with Crippen LogP contribution in [0.15, 0.2) is 47.5 Å². The van der Waals surface area contributed by atoms with Gasteiger partial charge in [-0.15, -0.1) is 0 Å². The normalized spacial score (nSPS) is 11.6. The van der Waals surface area contributed by atoms with Crippen molar-refractivity contribution in [1.29, 1.82) is 0 Å². The molecule has 1 aromatic rings. The van der Waals surface area contributed by atoms with Crippen molar-refractivity contribution in [3.63, 3.8) is 0 Å². The molecule has 0 aliphatic carbocycles. The molecule has 0 saturated carbocycles. The maximum Gasteiger partial charge on any atom is 0.0446 e. The van der Waals surface area contributed by atoms with Crippen molar-refractivity contribution in [3.05, 3.63) is 58.1 Å². The topological polar surface area (TPSA) is 0 Å². The first-order chi connectivity index (χ1) is 8.15. The quantitative estimate of drug-likeness (QED) is 0.363. The van der Waals surface area contributed by atoms with E-state index < -0.39 is 0 Å². The summed E-state index contributed by atoms with van der Waals surface area (Å²) in [6, 6.07) is 7.91. The van der Waals surface area contributed by atoms with Crippen molar-refractivity contribution in [3.8, 4) is 0 Å². The van der Waals surface area contributed by atoms with Gasteiger partial charge in [0.2, 0.25) is 0 Å². The average Bonchev–Trinajstić information content (AvgIpc) is 2.31. The molecule has 0 bridgehead atoms. The van der Waals surface area contributed by atoms with Gasteiger partial charge in [-0.3, -0.25) is 0 Å². The smallest absolute Gasteiger partial charge is 0.0446 e. The number of halogens is 2. The molecule has 17 heavy (non-hydrogen) atoms. The third kappa shape index (κ3) is 5.43. The summed E-state index contributed by atoms with van der Waals surface area (Å²) in [5.74, 6) is 1.77. The van der Waals surface area contributed by atoms with Crippen LogP contribution in [0.4, 0.5) is 0 Å². The van der Waals surface area contributed by atoms with E-state index in [1.807, 2.05) is 37.3 Å². The summed E-state index contributed by atoms with van der Waals surface area (Å²) in [7, 11) is 3.54. The Morgan fingerprint density at radius 3 is 2.65 bits per heavy atom. The molecule has 0 unspecified atom stereocenters. The number of rotatable bonds is 6. The van der Waals surface area contributed by atoms with Gasteiger partial charge in [-0.2, -0.15) is 0 Å². The summed E-state index contributed by atoms with van der Waals surface area (Å²) in [4.78, 5) is 0. The first-order valence-electron chi connectivity index (χ1n) is 5.13. The maximum absolute atomic E-state index is 6.07. The highest BCUT2D eigenvalue weighted by Crippen LogP contribution is 2.31. The Bertz CT molecular complexity index is 414. The van der Waals surface area contributed by atoms with Crippen LogP contribution in [0, 0.1) is 0 Å². The van der Waals surface area contributed by atoms with Gasteiger partial charge < -0.3 is 0 Å². The molecule has 0 fully saturated rings. The Morgan fingerprint density at radius 1 is 1.35 bits per heavy atom. The largest absolute Gasteiger partial charge is 0.0890 e. The molecule has 1 rings (SSSR count). The summed E-state index contributed by atoms with van der Waals surface area (Å²) in [5, 5.41) is 1.45. The van der Waals surface area contributed by atoms with Crippen molar-refractivity contribution in [1.82, 2.24) is 0 Å². The third-order valence-corrected chi connectivity index (χ3v) is 5.01. The lowest BCUT2D eigenvalue weighted by Crippen LogP contribution is -1.85. The van der Waals surface area contributed by atoms with E-state index in [0.717, 1.165) is 22.1 Å². The molecular weight excluding hydrogens is 291 g/mol. The Kier molecular flexibility index (Phi) is 7.21. The van der Waals surface area contributed by atoms with Crippen LogP contribution in [0.1, 0.15) is 12.5 Å². The van der Waals surface area contributed by atoms with Crippen LogP contribution in [0.2, 0.25) is 5.02 Å². The van der Waals surface area contributed by atoms with Crippen LogP contribution in [-0.2, 0) is 5.75 Å². The molecule has 0 atom stereocenters. The lowest BCUT2D eigenvalue weighted by Gasteiger charge is -2.05. The van der Waals surface area contributed by atoms with Gasteiger partial charge in [0.25, 0.3) is 0 Å². The van der Waals surface area contributed by atoms with Crippen LogP contribution in [-0.4, -0.2) is 5.75 Å². The standard InChI is InChI=1S/C13H14Cl2S2/c1-3-11(10(2)14)8-16-17-9-12-6-4-5-7-13(12)15/h3-7H,2,8-9H2,1H3/b11-3-. The fourth-order valence-corrected chi connectivity index (χ4v) is 3.96. The molecule has 92 valence electrons. The zero-order valence-corrected chi connectivity index (χ0v) is 12.7. The number of benzene rings is 1. The second kappa shape index (κ2) is 8.15. The average molecular weight is 305 g/mol.